The highest BCUT2D eigenvalue weighted by atomic mass is 16.2. The third-order valence-corrected chi connectivity index (χ3v) is 2.69. The molecule has 0 unspecified atom stereocenters. The molecule has 0 radical (unpaired) electrons. The van der Waals surface area contributed by atoms with E-state index >= 15 is 0 Å². The van der Waals surface area contributed by atoms with Crippen LogP contribution >= 0.6 is 0 Å². The highest BCUT2D eigenvalue weighted by Gasteiger charge is 2.04. The average molecular weight is 266 g/mol. The number of benzene rings is 2. The second kappa shape index (κ2) is 6.43. The first kappa shape index (κ1) is 13.7. The molecule has 0 aliphatic carbocycles. The van der Waals surface area contributed by atoms with Gasteiger partial charge in [-0.25, -0.2) is 5.43 Å². The van der Waals surface area contributed by atoms with Gasteiger partial charge in [0.25, 0.3) is 5.91 Å². The summed E-state index contributed by atoms with van der Waals surface area (Å²) in [6, 6.07) is 15.9. The van der Waals surface area contributed by atoms with Gasteiger partial charge in [-0.05, 0) is 19.1 Å². The highest BCUT2D eigenvalue weighted by molar-refractivity contribution is 6.35. The van der Waals surface area contributed by atoms with E-state index in [9.17, 15) is 9.59 Å². The maximum Gasteiger partial charge on any atom is 0.271 e. The van der Waals surface area contributed by atoms with Gasteiger partial charge in [-0.2, -0.15) is 5.10 Å². The van der Waals surface area contributed by atoms with Gasteiger partial charge >= 0.3 is 0 Å². The van der Waals surface area contributed by atoms with Crippen molar-refractivity contribution in [2.24, 2.45) is 5.10 Å². The summed E-state index contributed by atoms with van der Waals surface area (Å²) >= 11 is 0. The number of hydrazone groups is 1. The van der Waals surface area contributed by atoms with E-state index < -0.39 is 0 Å². The minimum Gasteiger partial charge on any atom is -0.287 e. The molecule has 0 aromatic heterocycles. The topological polar surface area (TPSA) is 58.5 Å². The van der Waals surface area contributed by atoms with Gasteiger partial charge in [0.05, 0.1) is 6.21 Å². The first-order valence-corrected chi connectivity index (χ1v) is 6.16. The van der Waals surface area contributed by atoms with Crippen molar-refractivity contribution >= 4 is 17.9 Å². The van der Waals surface area contributed by atoms with Crippen LogP contribution in [0.3, 0.4) is 0 Å². The molecule has 0 aliphatic rings. The molecule has 1 amide bonds. The van der Waals surface area contributed by atoms with Gasteiger partial charge in [0, 0.05) is 11.1 Å². The number of nitrogens with zero attached hydrogens (tertiary/aromatic N) is 1. The Balaban J connectivity index is 1.97. The van der Waals surface area contributed by atoms with Crippen LogP contribution < -0.4 is 5.43 Å². The van der Waals surface area contributed by atoms with Crippen molar-refractivity contribution in [3.05, 3.63) is 71.3 Å². The molecule has 0 aliphatic heterocycles. The lowest BCUT2D eigenvalue weighted by molar-refractivity contribution is 0.0955. The monoisotopic (exact) mass is 266 g/mol. The van der Waals surface area contributed by atoms with Crippen LogP contribution in [0.25, 0.3) is 0 Å². The number of rotatable bonds is 4. The molecule has 0 bridgehead atoms. The molecule has 0 heterocycles. The van der Waals surface area contributed by atoms with E-state index in [4.69, 9.17) is 0 Å². The molecule has 20 heavy (non-hydrogen) atoms. The summed E-state index contributed by atoms with van der Waals surface area (Å²) in [5, 5.41) is 3.68. The number of hydrogen-bond donors (Lipinski definition) is 1. The lowest BCUT2D eigenvalue weighted by Crippen LogP contribution is -2.18. The van der Waals surface area contributed by atoms with Crippen LogP contribution in [0, 0.1) is 6.92 Å². The summed E-state index contributed by atoms with van der Waals surface area (Å²) in [4.78, 5) is 23.5. The molecular weight excluding hydrogens is 252 g/mol. The Kier molecular flexibility index (Phi) is 4.39. The quantitative estimate of drug-likeness (QED) is 0.525. The molecule has 2 rings (SSSR count). The van der Waals surface area contributed by atoms with Crippen LogP contribution in [0.15, 0.2) is 59.7 Å². The molecule has 100 valence electrons. The van der Waals surface area contributed by atoms with Crippen molar-refractivity contribution in [3.63, 3.8) is 0 Å². The Morgan fingerprint density at radius 3 is 2.40 bits per heavy atom. The third kappa shape index (κ3) is 3.62. The van der Waals surface area contributed by atoms with E-state index in [-0.39, 0.29) is 11.7 Å². The molecule has 2 aromatic rings. The number of nitrogens with one attached hydrogen (secondary N) is 1. The van der Waals surface area contributed by atoms with Crippen LogP contribution in [-0.4, -0.2) is 17.9 Å². The molecule has 0 spiro atoms. The van der Waals surface area contributed by atoms with Crippen molar-refractivity contribution in [3.8, 4) is 0 Å². The van der Waals surface area contributed by atoms with E-state index in [2.05, 4.69) is 10.5 Å². The second-order valence-electron chi connectivity index (χ2n) is 4.30. The number of ketones is 1. The van der Waals surface area contributed by atoms with E-state index in [0.717, 1.165) is 11.8 Å². The van der Waals surface area contributed by atoms with Gasteiger partial charge < -0.3 is 0 Å². The Bertz CT molecular complexity index is 649. The van der Waals surface area contributed by atoms with Gasteiger partial charge in [0.1, 0.15) is 0 Å². The van der Waals surface area contributed by atoms with Crippen LogP contribution in [0.2, 0.25) is 0 Å². The van der Waals surface area contributed by atoms with Crippen LogP contribution in [0.4, 0.5) is 0 Å². The lowest BCUT2D eigenvalue weighted by Gasteiger charge is -2.00. The fraction of sp³-hybridized carbons (Fsp3) is 0.0625. The van der Waals surface area contributed by atoms with Gasteiger partial charge in [-0.15, -0.1) is 0 Å². The average Bonchev–Trinajstić information content (AvgIpc) is 2.48. The standard InChI is InChI=1S/C16H14N2O2/c1-12-6-5-9-14(10-12)16(20)18-17-11-15(19)13-7-3-2-4-8-13/h2-11H,1H3,(H,18,20)/b17-11+. The van der Waals surface area contributed by atoms with E-state index in [0.29, 0.717) is 11.1 Å². The van der Waals surface area contributed by atoms with Crippen LogP contribution in [-0.2, 0) is 0 Å². The number of carbonyl (C=O) groups is 2. The van der Waals surface area contributed by atoms with Crippen molar-refractivity contribution in [2.75, 3.05) is 0 Å². The molecule has 4 heteroatoms. The van der Waals surface area contributed by atoms with Crippen molar-refractivity contribution < 1.29 is 9.59 Å². The first-order valence-electron chi connectivity index (χ1n) is 6.16. The minimum absolute atomic E-state index is 0.254. The van der Waals surface area contributed by atoms with E-state index in [1.807, 2.05) is 19.1 Å². The summed E-state index contributed by atoms with van der Waals surface area (Å²) < 4.78 is 0. The predicted molar refractivity (Wildman–Crippen MR) is 77.9 cm³/mol. The van der Waals surface area contributed by atoms with Crippen molar-refractivity contribution in [2.45, 2.75) is 6.92 Å². The highest BCUT2D eigenvalue weighted by Crippen LogP contribution is 2.03. The summed E-state index contributed by atoms with van der Waals surface area (Å²) in [6.07, 6.45) is 1.10. The zero-order valence-electron chi connectivity index (χ0n) is 11.0. The number of amides is 1. The zero-order chi connectivity index (χ0) is 14.4. The maximum absolute atomic E-state index is 11.8. The SMILES string of the molecule is Cc1cccc(C(=O)N/N=C/C(=O)c2ccccc2)c1. The molecule has 0 saturated heterocycles. The molecule has 0 atom stereocenters. The van der Waals surface area contributed by atoms with Crippen LogP contribution in [0.5, 0.6) is 0 Å². The van der Waals surface area contributed by atoms with Gasteiger partial charge in [0.2, 0.25) is 5.78 Å². The molecule has 0 saturated carbocycles. The summed E-state index contributed by atoms with van der Waals surface area (Å²) in [5.41, 5.74) is 4.36. The number of aryl methyl sites for hydroxylation is 1. The molecule has 4 nitrogen and oxygen atoms in total. The molecule has 1 N–H and O–H groups in total. The summed E-state index contributed by atoms with van der Waals surface area (Å²) in [7, 11) is 0. The Morgan fingerprint density at radius 1 is 1.00 bits per heavy atom. The first-order chi connectivity index (χ1) is 9.66. The smallest absolute Gasteiger partial charge is 0.271 e. The van der Waals surface area contributed by atoms with Gasteiger partial charge in [0.15, 0.2) is 0 Å². The fourth-order valence-corrected chi connectivity index (χ4v) is 1.68. The lowest BCUT2D eigenvalue weighted by atomic mass is 10.1. The van der Waals surface area contributed by atoms with Gasteiger partial charge in [-0.1, -0.05) is 48.0 Å². The maximum atomic E-state index is 11.8. The third-order valence-electron chi connectivity index (χ3n) is 2.69. The molecule has 2 aromatic carbocycles. The summed E-state index contributed by atoms with van der Waals surface area (Å²) in [5.74, 6) is -0.596. The molecule has 0 fully saturated rings. The zero-order valence-corrected chi connectivity index (χ0v) is 11.0. The number of Topliss-reactive ketones (excluding diaryl/α,β-unsaturated/α-hetero) is 1. The molecular formula is C16H14N2O2. The normalized spacial score (nSPS) is 10.4. The van der Waals surface area contributed by atoms with Crippen molar-refractivity contribution in [1.82, 2.24) is 5.43 Å². The largest absolute Gasteiger partial charge is 0.287 e. The summed E-state index contributed by atoms with van der Waals surface area (Å²) in [6.45, 7) is 1.90. The Hall–Kier alpha value is -2.75. The Morgan fingerprint density at radius 2 is 1.70 bits per heavy atom. The van der Waals surface area contributed by atoms with E-state index in [1.54, 1.807) is 42.5 Å². The predicted octanol–water partition coefficient (Wildman–Crippen LogP) is 2.59. The fourth-order valence-electron chi connectivity index (χ4n) is 1.68. The van der Waals surface area contributed by atoms with Gasteiger partial charge in [-0.3, -0.25) is 9.59 Å². The number of carbonyl (C=O) groups excluding carboxylic acids is 2. The Labute approximate surface area is 117 Å². The van der Waals surface area contributed by atoms with Crippen molar-refractivity contribution in [1.29, 1.82) is 0 Å². The second-order valence-corrected chi connectivity index (χ2v) is 4.30. The number of hydrogen-bond acceptors (Lipinski definition) is 3. The van der Waals surface area contributed by atoms with Crippen LogP contribution in [0.1, 0.15) is 26.3 Å². The minimum atomic E-state index is -0.342. The van der Waals surface area contributed by atoms with E-state index in [1.165, 1.54) is 0 Å².